The van der Waals surface area contributed by atoms with Crippen molar-refractivity contribution in [1.82, 2.24) is 9.80 Å². The van der Waals surface area contributed by atoms with Crippen molar-refractivity contribution < 1.29 is 0 Å². The summed E-state index contributed by atoms with van der Waals surface area (Å²) < 4.78 is 0. The summed E-state index contributed by atoms with van der Waals surface area (Å²) in [5.74, 6) is 0. The Kier molecular flexibility index (Phi) is 5.28. The number of hydrogen-bond donors (Lipinski definition) is 0. The molecule has 14 heavy (non-hydrogen) atoms. The minimum absolute atomic E-state index is 0. The third kappa shape index (κ3) is 3.14. The average molecular weight is 216 g/mol. The predicted molar refractivity (Wildman–Crippen MR) is 66.3 cm³/mol. The molecular weight excluding hydrogens is 192 g/mol. The van der Waals surface area contributed by atoms with Crippen molar-refractivity contribution in [1.29, 1.82) is 0 Å². The summed E-state index contributed by atoms with van der Waals surface area (Å²) >= 11 is 0. The van der Waals surface area contributed by atoms with Crippen LogP contribution in [-0.2, 0) is 0 Å². The Bertz CT molecular complexity index is 149. The first kappa shape index (κ1) is 12.3. The molecule has 0 aromatic rings. The fourth-order valence-corrected chi connectivity index (χ4v) is 2.64. The molecule has 0 bridgehead atoms. The van der Waals surface area contributed by atoms with Crippen LogP contribution in [0.15, 0.2) is 0 Å². The minimum atomic E-state index is 0. The second-order valence-corrected chi connectivity index (χ2v) is 4.63. The normalized spacial score (nSPS) is 27.2. The highest BCUT2D eigenvalue weighted by Crippen LogP contribution is 2.19. The molecule has 0 N–H and O–H groups in total. The molecule has 0 aromatic carbocycles. The minimum Gasteiger partial charge on any atom is -0.306 e. The highest BCUT2D eigenvalue weighted by atomic mass is 32.1. The molecular formula is C11H24N2S. The van der Waals surface area contributed by atoms with E-state index in [0.29, 0.717) is 0 Å². The predicted octanol–water partition coefficient (Wildman–Crippen LogP) is 1.68. The monoisotopic (exact) mass is 216 g/mol. The molecule has 0 radical (unpaired) electrons. The van der Waals surface area contributed by atoms with Gasteiger partial charge in [-0.1, -0.05) is 6.42 Å². The number of hydrogen-bond acceptors (Lipinski definition) is 2. The van der Waals surface area contributed by atoms with Crippen molar-refractivity contribution in [2.24, 2.45) is 0 Å². The zero-order valence-corrected chi connectivity index (χ0v) is 10.3. The van der Waals surface area contributed by atoms with Crippen LogP contribution in [0.2, 0.25) is 0 Å². The Balaban J connectivity index is 0.000000980. The van der Waals surface area contributed by atoms with Crippen molar-refractivity contribution in [2.45, 2.75) is 38.1 Å². The second-order valence-electron chi connectivity index (χ2n) is 4.63. The Labute approximate surface area is 95.1 Å². The fraction of sp³-hybridized carbons (Fsp3) is 1.00. The van der Waals surface area contributed by atoms with Crippen LogP contribution in [-0.4, -0.2) is 49.1 Å². The lowest BCUT2D eigenvalue weighted by molar-refractivity contribution is 0.103. The number of likely N-dealkylation sites (tertiary alicyclic amines) is 2. The molecule has 0 aromatic heterocycles. The summed E-state index contributed by atoms with van der Waals surface area (Å²) in [6.07, 6.45) is 7.13. The lowest BCUT2D eigenvalue weighted by Crippen LogP contribution is -2.45. The van der Waals surface area contributed by atoms with Gasteiger partial charge in [0.15, 0.2) is 0 Å². The zero-order valence-electron chi connectivity index (χ0n) is 9.34. The van der Waals surface area contributed by atoms with Crippen LogP contribution in [0.4, 0.5) is 0 Å². The van der Waals surface area contributed by atoms with Gasteiger partial charge in [0.1, 0.15) is 0 Å². The van der Waals surface area contributed by atoms with E-state index in [0.717, 1.165) is 6.04 Å². The van der Waals surface area contributed by atoms with Gasteiger partial charge in [0.2, 0.25) is 0 Å². The van der Waals surface area contributed by atoms with Crippen LogP contribution >= 0.6 is 13.5 Å². The van der Waals surface area contributed by atoms with Crippen LogP contribution in [0.3, 0.4) is 0 Å². The van der Waals surface area contributed by atoms with E-state index >= 15 is 0 Å². The zero-order chi connectivity index (χ0) is 9.10. The molecule has 0 aliphatic carbocycles. The van der Waals surface area contributed by atoms with Gasteiger partial charge in [-0.2, -0.15) is 13.5 Å². The topological polar surface area (TPSA) is 6.48 Å². The molecule has 0 amide bonds. The molecule has 3 heteroatoms. The Morgan fingerprint density at radius 2 is 1.43 bits per heavy atom. The third-order valence-corrected chi connectivity index (χ3v) is 3.60. The summed E-state index contributed by atoms with van der Waals surface area (Å²) in [7, 11) is 2.24. The number of rotatable bonds is 1. The van der Waals surface area contributed by atoms with E-state index in [2.05, 4.69) is 16.8 Å². The quantitative estimate of drug-likeness (QED) is 0.658. The summed E-state index contributed by atoms with van der Waals surface area (Å²) in [4.78, 5) is 5.19. The van der Waals surface area contributed by atoms with E-state index < -0.39 is 0 Å². The van der Waals surface area contributed by atoms with Crippen molar-refractivity contribution in [3.05, 3.63) is 0 Å². The molecule has 0 saturated carbocycles. The van der Waals surface area contributed by atoms with Gasteiger partial charge in [0.05, 0.1) is 0 Å². The molecule has 84 valence electrons. The van der Waals surface area contributed by atoms with E-state index in [9.17, 15) is 0 Å². The third-order valence-electron chi connectivity index (χ3n) is 3.60. The van der Waals surface area contributed by atoms with Crippen molar-refractivity contribution in [3.8, 4) is 0 Å². The van der Waals surface area contributed by atoms with Gasteiger partial charge in [-0.3, -0.25) is 0 Å². The standard InChI is InChI=1S/C11H22N2.H2S/c1-12-9-5-11(6-10-12)13-7-3-2-4-8-13;/h11H,2-10H2,1H3;1H2. The van der Waals surface area contributed by atoms with Crippen LogP contribution in [0, 0.1) is 0 Å². The second kappa shape index (κ2) is 5.99. The van der Waals surface area contributed by atoms with Gasteiger partial charge in [0.25, 0.3) is 0 Å². The molecule has 0 spiro atoms. The first-order valence-electron chi connectivity index (χ1n) is 5.79. The molecule has 2 rings (SSSR count). The molecule has 2 heterocycles. The van der Waals surface area contributed by atoms with Gasteiger partial charge in [-0.25, -0.2) is 0 Å². The highest BCUT2D eigenvalue weighted by molar-refractivity contribution is 7.59. The maximum Gasteiger partial charge on any atom is 0.0120 e. The van der Waals surface area contributed by atoms with Gasteiger partial charge >= 0.3 is 0 Å². The number of nitrogens with zero attached hydrogens (tertiary/aromatic N) is 2. The molecule has 2 nitrogen and oxygen atoms in total. The first-order valence-corrected chi connectivity index (χ1v) is 5.79. The first-order chi connectivity index (χ1) is 6.36. The van der Waals surface area contributed by atoms with Gasteiger partial charge in [0, 0.05) is 6.04 Å². The highest BCUT2D eigenvalue weighted by Gasteiger charge is 2.23. The van der Waals surface area contributed by atoms with Crippen LogP contribution in [0.5, 0.6) is 0 Å². The van der Waals surface area contributed by atoms with E-state index in [4.69, 9.17) is 0 Å². The van der Waals surface area contributed by atoms with E-state index in [-0.39, 0.29) is 13.5 Å². The molecule has 2 saturated heterocycles. The lowest BCUT2D eigenvalue weighted by Gasteiger charge is -2.39. The van der Waals surface area contributed by atoms with E-state index in [1.807, 2.05) is 0 Å². The van der Waals surface area contributed by atoms with Crippen LogP contribution < -0.4 is 0 Å². The summed E-state index contributed by atoms with van der Waals surface area (Å²) in [5.41, 5.74) is 0. The van der Waals surface area contributed by atoms with Crippen molar-refractivity contribution >= 4 is 13.5 Å². The van der Waals surface area contributed by atoms with Gasteiger partial charge in [-0.05, 0) is 58.9 Å². The van der Waals surface area contributed by atoms with Gasteiger partial charge in [-0.15, -0.1) is 0 Å². The Hall–Kier alpha value is 0.270. The maximum atomic E-state index is 2.73. The van der Waals surface area contributed by atoms with E-state index in [1.54, 1.807) is 0 Å². The van der Waals surface area contributed by atoms with Crippen molar-refractivity contribution in [3.63, 3.8) is 0 Å². The molecule has 0 atom stereocenters. The summed E-state index contributed by atoms with van der Waals surface area (Å²) in [5, 5.41) is 0. The SMILES string of the molecule is CN1CCC(N2CCCCC2)CC1.S. The smallest absolute Gasteiger partial charge is 0.0120 e. The molecule has 2 fully saturated rings. The molecule has 0 unspecified atom stereocenters. The average Bonchev–Trinajstić information content (AvgIpc) is 2.20. The Morgan fingerprint density at radius 1 is 0.857 bits per heavy atom. The Morgan fingerprint density at radius 3 is 2.00 bits per heavy atom. The lowest BCUT2D eigenvalue weighted by atomic mass is 10.0. The van der Waals surface area contributed by atoms with Gasteiger partial charge < -0.3 is 9.80 Å². The number of piperidine rings is 2. The fourth-order valence-electron chi connectivity index (χ4n) is 2.64. The van der Waals surface area contributed by atoms with E-state index in [1.165, 1.54) is 58.3 Å². The summed E-state index contributed by atoms with van der Waals surface area (Å²) in [6, 6.07) is 0.913. The molecule has 2 aliphatic heterocycles. The van der Waals surface area contributed by atoms with Crippen molar-refractivity contribution in [2.75, 3.05) is 33.2 Å². The largest absolute Gasteiger partial charge is 0.306 e. The maximum absolute atomic E-state index is 2.73. The van der Waals surface area contributed by atoms with Crippen LogP contribution in [0.25, 0.3) is 0 Å². The van der Waals surface area contributed by atoms with Crippen LogP contribution in [0.1, 0.15) is 32.1 Å². The molecule has 2 aliphatic rings. The summed E-state index contributed by atoms with van der Waals surface area (Å²) in [6.45, 7) is 5.35.